The molecule has 1 amide bonds. The summed E-state index contributed by atoms with van der Waals surface area (Å²) in [7, 11) is 0. The lowest BCUT2D eigenvalue weighted by molar-refractivity contribution is -0.0505. The number of hydrogen-bond acceptors (Lipinski definition) is 4. The molecule has 0 saturated heterocycles. The van der Waals surface area contributed by atoms with Crippen LogP contribution in [0.2, 0.25) is 0 Å². The first-order valence-electron chi connectivity index (χ1n) is 5.91. The van der Waals surface area contributed by atoms with Crippen LogP contribution in [0.15, 0.2) is 18.2 Å². The lowest BCUT2D eigenvalue weighted by Crippen LogP contribution is -2.32. The van der Waals surface area contributed by atoms with E-state index in [1.807, 2.05) is 0 Å². The van der Waals surface area contributed by atoms with E-state index >= 15 is 0 Å². The number of hydrogen-bond donors (Lipinski definition) is 2. The fraction of sp³-hybridized carbons (Fsp3) is 0.462. The molecule has 0 aliphatic carbocycles. The third-order valence-electron chi connectivity index (χ3n) is 2.13. The van der Waals surface area contributed by atoms with Crippen LogP contribution in [0.3, 0.4) is 0 Å². The van der Waals surface area contributed by atoms with Crippen molar-refractivity contribution in [3.63, 3.8) is 0 Å². The molecule has 0 unspecified atom stereocenters. The van der Waals surface area contributed by atoms with Gasteiger partial charge in [-0.3, -0.25) is 0 Å². The average molecular weight is 289 g/mol. The van der Waals surface area contributed by atoms with Gasteiger partial charge >= 0.3 is 12.7 Å². The summed E-state index contributed by atoms with van der Waals surface area (Å²) in [5, 5.41) is 12.0. The fourth-order valence-corrected chi connectivity index (χ4v) is 1.41. The van der Waals surface area contributed by atoms with E-state index in [1.54, 1.807) is 20.8 Å². The first-order valence-corrected chi connectivity index (χ1v) is 5.91. The summed E-state index contributed by atoms with van der Waals surface area (Å²) in [5.41, 5.74) is -0.621. The number of benzene rings is 1. The highest BCUT2D eigenvalue weighted by atomic mass is 19.3. The Labute approximate surface area is 115 Å². The van der Waals surface area contributed by atoms with Gasteiger partial charge in [0.1, 0.15) is 17.1 Å². The second-order valence-electron chi connectivity index (χ2n) is 4.99. The SMILES string of the molecule is CC(C)(C)OC(=O)NCc1c(O)cccc1OC(F)F. The van der Waals surface area contributed by atoms with E-state index in [4.69, 9.17) is 4.74 Å². The molecule has 0 aromatic heterocycles. The maximum absolute atomic E-state index is 12.2. The second-order valence-corrected chi connectivity index (χ2v) is 4.99. The van der Waals surface area contributed by atoms with Crippen molar-refractivity contribution in [1.29, 1.82) is 0 Å². The molecule has 0 aliphatic rings. The summed E-state index contributed by atoms with van der Waals surface area (Å²) in [6, 6.07) is 3.95. The van der Waals surface area contributed by atoms with Crippen LogP contribution < -0.4 is 10.1 Å². The topological polar surface area (TPSA) is 67.8 Å². The molecule has 0 spiro atoms. The van der Waals surface area contributed by atoms with E-state index in [0.29, 0.717) is 0 Å². The minimum atomic E-state index is -3.02. The van der Waals surface area contributed by atoms with Crippen molar-refractivity contribution in [3.05, 3.63) is 23.8 Å². The zero-order valence-electron chi connectivity index (χ0n) is 11.4. The number of alkyl carbamates (subject to hydrolysis) is 1. The normalized spacial score (nSPS) is 11.3. The molecule has 0 atom stereocenters. The molecule has 0 fully saturated rings. The molecule has 0 radical (unpaired) electrons. The molecule has 0 aliphatic heterocycles. The number of amides is 1. The van der Waals surface area contributed by atoms with Crippen molar-refractivity contribution in [2.75, 3.05) is 0 Å². The molecule has 5 nitrogen and oxygen atoms in total. The van der Waals surface area contributed by atoms with Crippen LogP contribution in [0.5, 0.6) is 11.5 Å². The van der Waals surface area contributed by atoms with Gasteiger partial charge in [0, 0.05) is 0 Å². The number of carbonyl (C=O) groups is 1. The maximum atomic E-state index is 12.2. The van der Waals surface area contributed by atoms with Gasteiger partial charge in [0.25, 0.3) is 0 Å². The molecular weight excluding hydrogens is 272 g/mol. The summed E-state index contributed by atoms with van der Waals surface area (Å²) in [6.45, 7) is 1.87. The van der Waals surface area contributed by atoms with Gasteiger partial charge in [-0.2, -0.15) is 8.78 Å². The molecule has 1 aromatic rings. The lowest BCUT2D eigenvalue weighted by Gasteiger charge is -2.20. The van der Waals surface area contributed by atoms with Crippen molar-refractivity contribution in [2.24, 2.45) is 0 Å². The Morgan fingerprint density at radius 2 is 2.05 bits per heavy atom. The van der Waals surface area contributed by atoms with E-state index in [9.17, 15) is 18.7 Å². The van der Waals surface area contributed by atoms with Crippen LogP contribution >= 0.6 is 0 Å². The first kappa shape index (κ1) is 16.0. The predicted molar refractivity (Wildman–Crippen MR) is 67.8 cm³/mol. The molecule has 2 N–H and O–H groups in total. The Balaban J connectivity index is 2.74. The van der Waals surface area contributed by atoms with E-state index in [1.165, 1.54) is 18.2 Å². The number of phenols is 1. The van der Waals surface area contributed by atoms with Crippen LogP contribution in [-0.4, -0.2) is 23.4 Å². The van der Waals surface area contributed by atoms with Crippen LogP contribution in [0.25, 0.3) is 0 Å². The maximum Gasteiger partial charge on any atom is 0.407 e. The number of nitrogens with one attached hydrogen (secondary N) is 1. The van der Waals surface area contributed by atoms with Crippen molar-refractivity contribution in [2.45, 2.75) is 39.5 Å². The van der Waals surface area contributed by atoms with Gasteiger partial charge in [-0.25, -0.2) is 4.79 Å². The van der Waals surface area contributed by atoms with Gasteiger partial charge < -0.3 is 19.9 Å². The number of alkyl halides is 2. The highest BCUT2D eigenvalue weighted by Gasteiger charge is 2.18. The second kappa shape index (κ2) is 6.40. The molecule has 0 heterocycles. The van der Waals surface area contributed by atoms with Gasteiger partial charge in [-0.1, -0.05) is 6.07 Å². The van der Waals surface area contributed by atoms with Crippen molar-refractivity contribution < 1.29 is 28.2 Å². The van der Waals surface area contributed by atoms with E-state index < -0.39 is 18.3 Å². The van der Waals surface area contributed by atoms with E-state index in [2.05, 4.69) is 10.1 Å². The molecule has 20 heavy (non-hydrogen) atoms. The third kappa shape index (κ3) is 5.29. The highest BCUT2D eigenvalue weighted by molar-refractivity contribution is 5.68. The standard InChI is InChI=1S/C13H17F2NO4/c1-13(2,3)20-12(18)16-7-8-9(17)5-4-6-10(8)19-11(14)15/h4-6,11,17H,7H2,1-3H3,(H,16,18). The quantitative estimate of drug-likeness (QED) is 0.894. The molecular formula is C13H17F2NO4. The fourth-order valence-electron chi connectivity index (χ4n) is 1.41. The van der Waals surface area contributed by atoms with Crippen LogP contribution in [-0.2, 0) is 11.3 Å². The van der Waals surface area contributed by atoms with E-state index in [-0.39, 0.29) is 23.6 Å². The monoisotopic (exact) mass is 289 g/mol. The minimum Gasteiger partial charge on any atom is -0.507 e. The molecule has 0 bridgehead atoms. The largest absolute Gasteiger partial charge is 0.507 e. The average Bonchev–Trinajstić information content (AvgIpc) is 2.24. The minimum absolute atomic E-state index is 0.0543. The number of carbonyl (C=O) groups excluding carboxylic acids is 1. The van der Waals surface area contributed by atoms with Gasteiger partial charge in [0.15, 0.2) is 0 Å². The molecule has 1 aromatic carbocycles. The smallest absolute Gasteiger partial charge is 0.407 e. The van der Waals surface area contributed by atoms with Gasteiger partial charge in [0.05, 0.1) is 12.1 Å². The zero-order valence-corrected chi connectivity index (χ0v) is 11.4. The molecule has 112 valence electrons. The van der Waals surface area contributed by atoms with Gasteiger partial charge in [-0.05, 0) is 32.9 Å². The van der Waals surface area contributed by atoms with E-state index in [0.717, 1.165) is 0 Å². The molecule has 1 rings (SSSR count). The number of halogens is 2. The van der Waals surface area contributed by atoms with Crippen LogP contribution in [0, 0.1) is 0 Å². The van der Waals surface area contributed by atoms with Crippen LogP contribution in [0.1, 0.15) is 26.3 Å². The lowest BCUT2D eigenvalue weighted by atomic mass is 10.1. The van der Waals surface area contributed by atoms with Crippen molar-refractivity contribution >= 4 is 6.09 Å². The third-order valence-corrected chi connectivity index (χ3v) is 2.13. The Kier molecular flexibility index (Phi) is 5.12. The number of ether oxygens (including phenoxy) is 2. The van der Waals surface area contributed by atoms with Gasteiger partial charge in [0.2, 0.25) is 0 Å². The zero-order chi connectivity index (χ0) is 15.3. The Morgan fingerprint density at radius 1 is 1.40 bits per heavy atom. The van der Waals surface area contributed by atoms with Crippen molar-refractivity contribution in [3.8, 4) is 11.5 Å². The molecule has 7 heteroatoms. The number of aromatic hydroxyl groups is 1. The summed E-state index contributed by atoms with van der Waals surface area (Å²) in [4.78, 5) is 11.5. The van der Waals surface area contributed by atoms with Gasteiger partial charge in [-0.15, -0.1) is 0 Å². The summed E-state index contributed by atoms with van der Waals surface area (Å²) in [6.07, 6.45) is -0.719. The first-order chi connectivity index (χ1) is 9.19. The Hall–Kier alpha value is -2.05. The number of rotatable bonds is 4. The summed E-state index contributed by atoms with van der Waals surface area (Å²) < 4.78 is 33.7. The Morgan fingerprint density at radius 3 is 2.60 bits per heavy atom. The Bertz CT molecular complexity index is 472. The summed E-state index contributed by atoms with van der Waals surface area (Å²) >= 11 is 0. The highest BCUT2D eigenvalue weighted by Crippen LogP contribution is 2.28. The molecule has 0 saturated carbocycles. The van der Waals surface area contributed by atoms with Crippen LogP contribution in [0.4, 0.5) is 13.6 Å². The number of phenolic OH excluding ortho intramolecular Hbond substituents is 1. The van der Waals surface area contributed by atoms with Crippen molar-refractivity contribution in [1.82, 2.24) is 5.32 Å². The predicted octanol–water partition coefficient (Wildman–Crippen LogP) is 3.02. The summed E-state index contributed by atoms with van der Waals surface area (Å²) in [5.74, 6) is -0.449.